The highest BCUT2D eigenvalue weighted by atomic mass is 35.5. The zero-order chi connectivity index (χ0) is 14.4. The predicted molar refractivity (Wildman–Crippen MR) is 73.6 cm³/mol. The van der Waals surface area contributed by atoms with Crippen molar-refractivity contribution in [2.24, 2.45) is 0 Å². The SMILES string of the molecule is Cc1cc(F)ccc1CN(C(=O)CCl)C(C)CCO. The number of aliphatic hydroxyl groups is 1. The van der Waals surface area contributed by atoms with E-state index in [1.807, 2.05) is 6.92 Å². The third kappa shape index (κ3) is 4.48. The number of hydrogen-bond donors (Lipinski definition) is 1. The smallest absolute Gasteiger partial charge is 0.238 e. The average molecular weight is 288 g/mol. The first-order chi connectivity index (χ1) is 8.99. The van der Waals surface area contributed by atoms with Gasteiger partial charge in [0.2, 0.25) is 5.91 Å². The Morgan fingerprint density at radius 1 is 1.53 bits per heavy atom. The van der Waals surface area contributed by atoms with Crippen molar-refractivity contribution >= 4 is 17.5 Å². The minimum absolute atomic E-state index is 0.00956. The summed E-state index contributed by atoms with van der Waals surface area (Å²) in [4.78, 5) is 13.5. The van der Waals surface area contributed by atoms with Crippen molar-refractivity contribution in [1.82, 2.24) is 4.90 Å². The molecule has 0 aliphatic rings. The van der Waals surface area contributed by atoms with Crippen LogP contribution in [0.1, 0.15) is 24.5 Å². The van der Waals surface area contributed by atoms with E-state index in [0.717, 1.165) is 11.1 Å². The van der Waals surface area contributed by atoms with Crippen LogP contribution in [-0.4, -0.2) is 34.4 Å². The molecule has 1 atom stereocenters. The molecule has 0 aliphatic heterocycles. The van der Waals surface area contributed by atoms with Gasteiger partial charge < -0.3 is 10.0 Å². The predicted octanol–water partition coefficient (Wildman–Crippen LogP) is 2.47. The Morgan fingerprint density at radius 3 is 2.74 bits per heavy atom. The fourth-order valence-electron chi connectivity index (χ4n) is 1.93. The van der Waals surface area contributed by atoms with Gasteiger partial charge in [-0.25, -0.2) is 4.39 Å². The zero-order valence-electron chi connectivity index (χ0n) is 11.2. The maximum atomic E-state index is 13.1. The van der Waals surface area contributed by atoms with Gasteiger partial charge in [-0.1, -0.05) is 6.07 Å². The summed E-state index contributed by atoms with van der Waals surface area (Å²) >= 11 is 5.61. The van der Waals surface area contributed by atoms with Crippen molar-refractivity contribution in [3.8, 4) is 0 Å². The maximum Gasteiger partial charge on any atom is 0.238 e. The van der Waals surface area contributed by atoms with Gasteiger partial charge in [0.15, 0.2) is 0 Å². The van der Waals surface area contributed by atoms with E-state index >= 15 is 0 Å². The number of benzene rings is 1. The molecular weight excluding hydrogens is 269 g/mol. The number of amides is 1. The summed E-state index contributed by atoms with van der Waals surface area (Å²) in [5, 5.41) is 8.98. The van der Waals surface area contributed by atoms with Gasteiger partial charge in [0, 0.05) is 19.2 Å². The molecule has 0 aromatic heterocycles. The summed E-state index contributed by atoms with van der Waals surface area (Å²) < 4.78 is 13.1. The van der Waals surface area contributed by atoms with E-state index in [4.69, 9.17) is 16.7 Å². The number of rotatable bonds is 6. The zero-order valence-corrected chi connectivity index (χ0v) is 12.0. The van der Waals surface area contributed by atoms with Gasteiger partial charge in [-0.05, 0) is 43.5 Å². The third-order valence-electron chi connectivity index (χ3n) is 3.16. The Morgan fingerprint density at radius 2 is 2.21 bits per heavy atom. The van der Waals surface area contributed by atoms with Gasteiger partial charge in [-0.3, -0.25) is 4.79 Å². The average Bonchev–Trinajstić information content (AvgIpc) is 2.37. The van der Waals surface area contributed by atoms with E-state index in [9.17, 15) is 9.18 Å². The molecule has 1 N–H and O–H groups in total. The van der Waals surface area contributed by atoms with E-state index in [2.05, 4.69) is 0 Å². The minimum Gasteiger partial charge on any atom is -0.396 e. The molecule has 0 fully saturated rings. The van der Waals surface area contributed by atoms with E-state index in [0.29, 0.717) is 13.0 Å². The number of aliphatic hydroxyl groups excluding tert-OH is 1. The van der Waals surface area contributed by atoms with Crippen LogP contribution in [0.3, 0.4) is 0 Å². The Kier molecular flexibility index (Phi) is 6.25. The summed E-state index contributed by atoms with van der Waals surface area (Å²) in [5.41, 5.74) is 1.67. The topological polar surface area (TPSA) is 40.5 Å². The van der Waals surface area contributed by atoms with Gasteiger partial charge in [0.1, 0.15) is 11.7 Å². The van der Waals surface area contributed by atoms with Crippen LogP contribution in [-0.2, 0) is 11.3 Å². The highest BCUT2D eigenvalue weighted by Gasteiger charge is 2.20. The first-order valence-electron chi connectivity index (χ1n) is 6.21. The van der Waals surface area contributed by atoms with E-state index in [1.54, 1.807) is 17.9 Å². The van der Waals surface area contributed by atoms with Crippen LogP contribution in [0.5, 0.6) is 0 Å². The van der Waals surface area contributed by atoms with Crippen molar-refractivity contribution < 1.29 is 14.3 Å². The van der Waals surface area contributed by atoms with E-state index < -0.39 is 0 Å². The first kappa shape index (κ1) is 15.9. The second-order valence-corrected chi connectivity index (χ2v) is 4.85. The van der Waals surface area contributed by atoms with Crippen LogP contribution in [0, 0.1) is 12.7 Å². The second kappa shape index (κ2) is 7.46. The van der Waals surface area contributed by atoms with Gasteiger partial charge in [-0.15, -0.1) is 11.6 Å². The molecule has 106 valence electrons. The molecule has 1 rings (SSSR count). The van der Waals surface area contributed by atoms with Gasteiger partial charge >= 0.3 is 0 Å². The molecule has 0 saturated carbocycles. The maximum absolute atomic E-state index is 13.1. The van der Waals surface area contributed by atoms with Crippen LogP contribution in [0.15, 0.2) is 18.2 Å². The number of carbonyl (C=O) groups is 1. The largest absolute Gasteiger partial charge is 0.396 e. The summed E-state index contributed by atoms with van der Waals surface area (Å²) in [7, 11) is 0. The van der Waals surface area contributed by atoms with Crippen LogP contribution >= 0.6 is 11.6 Å². The Hall–Kier alpha value is -1.13. The van der Waals surface area contributed by atoms with Crippen LogP contribution < -0.4 is 0 Å². The molecule has 19 heavy (non-hydrogen) atoms. The lowest BCUT2D eigenvalue weighted by Crippen LogP contribution is -2.39. The monoisotopic (exact) mass is 287 g/mol. The highest BCUT2D eigenvalue weighted by molar-refractivity contribution is 6.27. The van der Waals surface area contributed by atoms with Crippen molar-refractivity contribution in [2.45, 2.75) is 32.9 Å². The van der Waals surface area contributed by atoms with Crippen LogP contribution in [0.2, 0.25) is 0 Å². The molecule has 3 nitrogen and oxygen atoms in total. The Labute approximate surface area is 118 Å². The molecule has 1 aromatic carbocycles. The lowest BCUT2D eigenvalue weighted by atomic mass is 10.1. The number of halogens is 2. The van der Waals surface area contributed by atoms with Gasteiger partial charge in [-0.2, -0.15) is 0 Å². The normalized spacial score (nSPS) is 12.3. The molecule has 0 saturated heterocycles. The molecule has 1 aromatic rings. The lowest BCUT2D eigenvalue weighted by molar-refractivity contribution is -0.131. The highest BCUT2D eigenvalue weighted by Crippen LogP contribution is 2.16. The number of nitrogens with zero attached hydrogens (tertiary/aromatic N) is 1. The Balaban J connectivity index is 2.90. The number of aryl methyl sites for hydroxylation is 1. The number of hydrogen-bond acceptors (Lipinski definition) is 2. The number of carbonyl (C=O) groups excluding carboxylic acids is 1. The molecule has 1 amide bonds. The van der Waals surface area contributed by atoms with Crippen molar-refractivity contribution in [1.29, 1.82) is 0 Å². The van der Waals surface area contributed by atoms with Crippen molar-refractivity contribution in [3.05, 3.63) is 35.1 Å². The third-order valence-corrected chi connectivity index (χ3v) is 3.39. The van der Waals surface area contributed by atoms with E-state index in [1.165, 1.54) is 12.1 Å². The molecule has 0 heterocycles. The summed E-state index contributed by atoms with van der Waals surface area (Å²) in [6.07, 6.45) is 0.489. The fourth-order valence-corrected chi connectivity index (χ4v) is 2.08. The molecule has 0 radical (unpaired) electrons. The second-order valence-electron chi connectivity index (χ2n) is 4.59. The summed E-state index contributed by atoms with van der Waals surface area (Å²) in [6.45, 7) is 4.05. The standard InChI is InChI=1S/C14H19ClFNO2/c1-10-7-13(16)4-3-12(10)9-17(14(19)8-15)11(2)5-6-18/h3-4,7,11,18H,5-6,8-9H2,1-2H3. The molecular formula is C14H19ClFNO2. The molecule has 0 aliphatic carbocycles. The van der Waals surface area contributed by atoms with Gasteiger partial charge in [0.25, 0.3) is 0 Å². The number of alkyl halides is 1. The molecule has 0 spiro atoms. The quantitative estimate of drug-likeness (QED) is 0.817. The summed E-state index contributed by atoms with van der Waals surface area (Å²) in [5.74, 6) is -0.582. The lowest BCUT2D eigenvalue weighted by Gasteiger charge is -2.29. The van der Waals surface area contributed by atoms with E-state index in [-0.39, 0.29) is 30.3 Å². The van der Waals surface area contributed by atoms with Crippen LogP contribution in [0.4, 0.5) is 4.39 Å². The molecule has 1 unspecified atom stereocenters. The first-order valence-corrected chi connectivity index (χ1v) is 6.74. The van der Waals surface area contributed by atoms with Gasteiger partial charge in [0.05, 0.1) is 0 Å². The van der Waals surface area contributed by atoms with Crippen LogP contribution in [0.25, 0.3) is 0 Å². The van der Waals surface area contributed by atoms with Crippen molar-refractivity contribution in [3.63, 3.8) is 0 Å². The van der Waals surface area contributed by atoms with Crippen molar-refractivity contribution in [2.75, 3.05) is 12.5 Å². The fraction of sp³-hybridized carbons (Fsp3) is 0.500. The molecule has 0 bridgehead atoms. The molecule has 5 heteroatoms. The summed E-state index contributed by atoms with van der Waals surface area (Å²) in [6, 6.07) is 4.38. The minimum atomic E-state index is -0.292. The Bertz CT molecular complexity index is 439.